The van der Waals surface area contributed by atoms with Gasteiger partial charge in [-0.2, -0.15) is 5.10 Å². The quantitative estimate of drug-likeness (QED) is 0.822. The lowest BCUT2D eigenvalue weighted by Gasteiger charge is -2.14. The summed E-state index contributed by atoms with van der Waals surface area (Å²) in [6.45, 7) is 10.4. The van der Waals surface area contributed by atoms with Crippen LogP contribution in [0, 0.1) is 19.8 Å². The summed E-state index contributed by atoms with van der Waals surface area (Å²) < 4.78 is 1.98. The zero-order valence-corrected chi connectivity index (χ0v) is 16.4. The van der Waals surface area contributed by atoms with Gasteiger partial charge < -0.3 is 10.6 Å². The highest BCUT2D eigenvalue weighted by Crippen LogP contribution is 2.20. The topological polar surface area (TPSA) is 79.3 Å². The number of aromatic nitrogens is 2. The van der Waals surface area contributed by atoms with Crippen molar-refractivity contribution in [1.29, 1.82) is 0 Å². The van der Waals surface area contributed by atoms with Crippen LogP contribution in [0.5, 0.6) is 0 Å². The third kappa shape index (κ3) is 4.30. The van der Waals surface area contributed by atoms with Crippen LogP contribution in [0.15, 0.2) is 24.3 Å². The van der Waals surface area contributed by atoms with Crippen molar-refractivity contribution in [3.63, 3.8) is 0 Å². The first kappa shape index (κ1) is 18.9. The van der Waals surface area contributed by atoms with Crippen LogP contribution < -0.4 is 15.5 Å². The number of carbonyl (C=O) groups is 2. The minimum absolute atomic E-state index is 0.0723. The Morgan fingerprint density at radius 2 is 1.96 bits per heavy atom. The van der Waals surface area contributed by atoms with E-state index >= 15 is 0 Å². The molecule has 27 heavy (non-hydrogen) atoms. The van der Waals surface area contributed by atoms with Gasteiger partial charge in [-0.25, -0.2) is 4.79 Å². The van der Waals surface area contributed by atoms with Gasteiger partial charge in [0.05, 0.1) is 12.1 Å². The molecule has 0 unspecified atom stereocenters. The van der Waals surface area contributed by atoms with Crippen molar-refractivity contribution in [2.75, 3.05) is 23.3 Å². The molecule has 0 aliphatic carbocycles. The van der Waals surface area contributed by atoms with Crippen LogP contribution in [0.1, 0.15) is 30.8 Å². The van der Waals surface area contributed by atoms with Crippen LogP contribution in [0.25, 0.3) is 0 Å². The fourth-order valence-corrected chi connectivity index (χ4v) is 3.32. The molecule has 2 N–H and O–H groups in total. The molecule has 1 aliphatic rings. The molecule has 0 spiro atoms. The fraction of sp³-hybridized carbons (Fsp3) is 0.450. The third-order valence-electron chi connectivity index (χ3n) is 4.73. The van der Waals surface area contributed by atoms with E-state index in [1.165, 1.54) is 0 Å². The van der Waals surface area contributed by atoms with E-state index in [9.17, 15) is 9.59 Å². The Hall–Kier alpha value is -2.83. The second-order valence-electron chi connectivity index (χ2n) is 7.38. The number of anilines is 2. The van der Waals surface area contributed by atoms with E-state index < -0.39 is 0 Å². The molecule has 0 bridgehead atoms. The maximum absolute atomic E-state index is 12.5. The summed E-state index contributed by atoms with van der Waals surface area (Å²) in [6.07, 6.45) is 0.298. The molecule has 0 radical (unpaired) electrons. The van der Waals surface area contributed by atoms with Crippen molar-refractivity contribution < 1.29 is 9.59 Å². The number of nitrogens with one attached hydrogen (secondary N) is 2. The van der Waals surface area contributed by atoms with Crippen molar-refractivity contribution in [1.82, 2.24) is 15.1 Å². The van der Waals surface area contributed by atoms with Gasteiger partial charge in [0.2, 0.25) is 5.91 Å². The molecule has 1 aromatic carbocycles. The summed E-state index contributed by atoms with van der Waals surface area (Å²) in [7, 11) is 0. The normalized spacial score (nSPS) is 14.0. The van der Waals surface area contributed by atoms with Crippen LogP contribution in [0.3, 0.4) is 0 Å². The number of hydrogen-bond donors (Lipinski definition) is 2. The molecule has 1 aliphatic heterocycles. The van der Waals surface area contributed by atoms with Gasteiger partial charge in [0.15, 0.2) is 0 Å². The van der Waals surface area contributed by atoms with Crippen molar-refractivity contribution in [3.8, 4) is 0 Å². The maximum Gasteiger partial charge on any atom is 0.321 e. The van der Waals surface area contributed by atoms with E-state index in [0.29, 0.717) is 31.1 Å². The standard InChI is InChI=1S/C20H27N5O2/c1-13(2)12-25-15(4)18(14(3)23-25)11-19(26)22-16-5-7-17(8-6-16)24-10-9-21-20(24)27/h5-8,13H,9-12H2,1-4H3,(H,21,27)(H,22,26). The number of amides is 3. The van der Waals surface area contributed by atoms with Crippen molar-refractivity contribution in [2.24, 2.45) is 5.92 Å². The Morgan fingerprint density at radius 3 is 2.56 bits per heavy atom. The number of hydrogen-bond acceptors (Lipinski definition) is 3. The number of carbonyl (C=O) groups excluding carboxylic acids is 2. The molecule has 0 atom stereocenters. The Balaban J connectivity index is 1.64. The number of nitrogens with zero attached hydrogens (tertiary/aromatic N) is 3. The largest absolute Gasteiger partial charge is 0.336 e. The van der Waals surface area contributed by atoms with E-state index in [1.807, 2.05) is 42.8 Å². The SMILES string of the molecule is Cc1nn(CC(C)C)c(C)c1CC(=O)Nc1ccc(N2CCNC2=O)cc1. The maximum atomic E-state index is 12.5. The smallest absolute Gasteiger partial charge is 0.321 e. The number of rotatable bonds is 6. The fourth-order valence-electron chi connectivity index (χ4n) is 3.32. The molecule has 7 nitrogen and oxygen atoms in total. The highest BCUT2D eigenvalue weighted by molar-refractivity contribution is 5.95. The second-order valence-corrected chi connectivity index (χ2v) is 7.38. The summed E-state index contributed by atoms with van der Waals surface area (Å²) in [5.41, 5.74) is 4.47. The van der Waals surface area contributed by atoms with Gasteiger partial charge in [0, 0.05) is 42.3 Å². The molecular formula is C20H27N5O2. The van der Waals surface area contributed by atoms with E-state index in [4.69, 9.17) is 0 Å². The summed E-state index contributed by atoms with van der Waals surface area (Å²) >= 11 is 0. The predicted molar refractivity (Wildman–Crippen MR) is 106 cm³/mol. The van der Waals surface area contributed by atoms with Gasteiger partial charge in [-0.15, -0.1) is 0 Å². The third-order valence-corrected chi connectivity index (χ3v) is 4.73. The molecule has 144 valence electrons. The average molecular weight is 369 g/mol. The van der Waals surface area contributed by atoms with Gasteiger partial charge in [-0.05, 0) is 44.0 Å². The molecule has 3 rings (SSSR count). The molecule has 3 amide bonds. The van der Waals surface area contributed by atoms with Crippen LogP contribution in [0.4, 0.5) is 16.2 Å². The minimum Gasteiger partial charge on any atom is -0.336 e. The Bertz CT molecular complexity index is 839. The van der Waals surface area contributed by atoms with E-state index in [0.717, 1.165) is 29.2 Å². The van der Waals surface area contributed by atoms with E-state index in [2.05, 4.69) is 29.6 Å². The van der Waals surface area contributed by atoms with Crippen molar-refractivity contribution in [3.05, 3.63) is 41.2 Å². The van der Waals surface area contributed by atoms with Gasteiger partial charge in [0.25, 0.3) is 0 Å². The van der Waals surface area contributed by atoms with Crippen LogP contribution in [-0.4, -0.2) is 34.8 Å². The number of aryl methyl sites for hydroxylation is 1. The number of benzene rings is 1. The lowest BCUT2D eigenvalue weighted by Crippen LogP contribution is -2.27. The van der Waals surface area contributed by atoms with E-state index in [-0.39, 0.29) is 11.9 Å². The first-order valence-electron chi connectivity index (χ1n) is 9.33. The zero-order chi connectivity index (χ0) is 19.6. The first-order valence-corrected chi connectivity index (χ1v) is 9.33. The second kappa shape index (κ2) is 7.82. The average Bonchev–Trinajstić information content (AvgIpc) is 3.14. The first-order chi connectivity index (χ1) is 12.8. The number of urea groups is 1. The van der Waals surface area contributed by atoms with Crippen LogP contribution >= 0.6 is 0 Å². The van der Waals surface area contributed by atoms with Gasteiger partial charge >= 0.3 is 6.03 Å². The lowest BCUT2D eigenvalue weighted by atomic mass is 10.1. The Kier molecular flexibility index (Phi) is 5.48. The summed E-state index contributed by atoms with van der Waals surface area (Å²) in [5, 5.41) is 10.3. The summed E-state index contributed by atoms with van der Waals surface area (Å²) in [4.78, 5) is 25.9. The van der Waals surface area contributed by atoms with E-state index in [1.54, 1.807) is 4.90 Å². The zero-order valence-electron chi connectivity index (χ0n) is 16.4. The van der Waals surface area contributed by atoms with Gasteiger partial charge in [-0.1, -0.05) is 13.8 Å². The Labute approximate surface area is 159 Å². The summed E-state index contributed by atoms with van der Waals surface area (Å²) in [6, 6.07) is 7.24. The summed E-state index contributed by atoms with van der Waals surface area (Å²) in [5.74, 6) is 0.429. The molecule has 1 saturated heterocycles. The molecule has 7 heteroatoms. The highest BCUT2D eigenvalue weighted by atomic mass is 16.2. The molecule has 2 aromatic rings. The Morgan fingerprint density at radius 1 is 1.26 bits per heavy atom. The monoisotopic (exact) mass is 369 g/mol. The molecule has 1 fully saturated rings. The van der Waals surface area contributed by atoms with Crippen LogP contribution in [0.2, 0.25) is 0 Å². The molecular weight excluding hydrogens is 342 g/mol. The molecule has 0 saturated carbocycles. The van der Waals surface area contributed by atoms with Crippen LogP contribution in [-0.2, 0) is 17.8 Å². The molecule has 2 heterocycles. The predicted octanol–water partition coefficient (Wildman–Crippen LogP) is 2.87. The highest BCUT2D eigenvalue weighted by Gasteiger charge is 2.21. The minimum atomic E-state index is -0.0869. The molecule has 1 aromatic heterocycles. The van der Waals surface area contributed by atoms with Crippen molar-refractivity contribution in [2.45, 2.75) is 40.7 Å². The van der Waals surface area contributed by atoms with Crippen molar-refractivity contribution >= 4 is 23.3 Å². The van der Waals surface area contributed by atoms with Gasteiger partial charge in [-0.3, -0.25) is 14.4 Å². The lowest BCUT2D eigenvalue weighted by molar-refractivity contribution is -0.115. The van der Waals surface area contributed by atoms with Gasteiger partial charge in [0.1, 0.15) is 0 Å².